The van der Waals surface area contributed by atoms with Crippen molar-refractivity contribution in [1.82, 2.24) is 9.79 Å². The first kappa shape index (κ1) is 21.1. The van der Waals surface area contributed by atoms with E-state index < -0.39 is 28.0 Å². The normalized spacial score (nSPS) is 12.9. The zero-order valence-electron chi connectivity index (χ0n) is 15.0. The Morgan fingerprint density at radius 3 is 2.44 bits per heavy atom. The molecule has 1 aromatic rings. The first-order chi connectivity index (χ1) is 11.6. The summed E-state index contributed by atoms with van der Waals surface area (Å²) in [7, 11) is -1.43. The average molecular weight is 372 g/mol. The molecular formula is C16H24N2O6S. The van der Waals surface area contributed by atoms with E-state index in [1.165, 1.54) is 45.3 Å². The molecule has 0 spiro atoms. The molecule has 140 valence electrons. The minimum Gasteiger partial charge on any atom is -0.449 e. The zero-order valence-corrected chi connectivity index (χ0v) is 15.8. The molecule has 1 amide bonds. The Morgan fingerprint density at radius 1 is 1.24 bits per heavy atom. The van der Waals surface area contributed by atoms with E-state index in [2.05, 4.69) is 10.2 Å². The lowest BCUT2D eigenvalue weighted by atomic mass is 10.2. The molecule has 0 bridgehead atoms. The number of hydrogen-bond donors (Lipinski definition) is 1. The summed E-state index contributed by atoms with van der Waals surface area (Å²) in [6, 6.07) is 5.33. The predicted molar refractivity (Wildman–Crippen MR) is 91.1 cm³/mol. The van der Waals surface area contributed by atoms with Crippen LogP contribution in [0.3, 0.4) is 0 Å². The van der Waals surface area contributed by atoms with E-state index in [0.717, 1.165) is 0 Å². The van der Waals surface area contributed by atoms with Crippen molar-refractivity contribution in [3.8, 4) is 0 Å². The lowest BCUT2D eigenvalue weighted by molar-refractivity contribution is -0.129. The molecule has 0 radical (unpaired) electrons. The van der Waals surface area contributed by atoms with Crippen LogP contribution in [0.25, 0.3) is 0 Å². The topological polar surface area (TPSA) is 102 Å². The van der Waals surface area contributed by atoms with Gasteiger partial charge in [-0.15, -0.1) is 0 Å². The zero-order chi connectivity index (χ0) is 19.2. The largest absolute Gasteiger partial charge is 0.449 e. The highest BCUT2D eigenvalue weighted by Gasteiger charge is 2.24. The average Bonchev–Trinajstić information content (AvgIpc) is 2.58. The van der Waals surface area contributed by atoms with Gasteiger partial charge in [0.2, 0.25) is 0 Å². The highest BCUT2D eigenvalue weighted by atomic mass is 32.2. The summed E-state index contributed by atoms with van der Waals surface area (Å²) in [5.74, 6) is -0.930. The van der Waals surface area contributed by atoms with Crippen molar-refractivity contribution < 1.29 is 27.6 Å². The Bertz CT molecular complexity index is 717. The summed E-state index contributed by atoms with van der Waals surface area (Å²) in [5, 5.41) is 2.66. The standard InChI is InChI=1S/C16H24N2O6S/c1-11(2)10-17-15(19)12(3)24-16(20)13-7-6-8-14(9-13)25(21,22)18(4)23-5/h6-9,11-12H,10H2,1-5H3,(H,17,19). The molecule has 25 heavy (non-hydrogen) atoms. The molecule has 0 aliphatic carbocycles. The smallest absolute Gasteiger partial charge is 0.338 e. The number of esters is 1. The van der Waals surface area contributed by atoms with Gasteiger partial charge in [-0.05, 0) is 31.0 Å². The summed E-state index contributed by atoms with van der Waals surface area (Å²) >= 11 is 0. The molecule has 9 heteroatoms. The molecule has 1 atom stereocenters. The van der Waals surface area contributed by atoms with Crippen molar-refractivity contribution in [2.24, 2.45) is 5.92 Å². The van der Waals surface area contributed by atoms with Crippen LogP contribution in [0, 0.1) is 5.92 Å². The minimum atomic E-state index is -3.88. The fourth-order valence-electron chi connectivity index (χ4n) is 1.76. The minimum absolute atomic E-state index is 0.0223. The lowest BCUT2D eigenvalue weighted by Gasteiger charge is -2.16. The first-order valence-corrected chi connectivity index (χ1v) is 9.15. The number of carbonyl (C=O) groups excluding carboxylic acids is 2. The maximum Gasteiger partial charge on any atom is 0.338 e. The molecule has 0 fully saturated rings. The van der Waals surface area contributed by atoms with Crippen molar-refractivity contribution in [2.45, 2.75) is 31.8 Å². The molecule has 1 N–H and O–H groups in total. The number of carbonyl (C=O) groups is 2. The molecule has 0 aromatic heterocycles. The van der Waals surface area contributed by atoms with Crippen LogP contribution in [0.15, 0.2) is 29.2 Å². The first-order valence-electron chi connectivity index (χ1n) is 7.71. The number of rotatable bonds is 8. The molecule has 0 heterocycles. The van der Waals surface area contributed by atoms with Crippen molar-refractivity contribution >= 4 is 21.9 Å². The second-order valence-electron chi connectivity index (χ2n) is 5.81. The van der Waals surface area contributed by atoms with Gasteiger partial charge in [-0.2, -0.15) is 0 Å². The van der Waals surface area contributed by atoms with Crippen LogP contribution in [-0.2, 0) is 24.4 Å². The fraction of sp³-hybridized carbons (Fsp3) is 0.500. The Kier molecular flexibility index (Phi) is 7.53. The molecule has 0 aliphatic rings. The van der Waals surface area contributed by atoms with Crippen LogP contribution < -0.4 is 5.32 Å². The quantitative estimate of drug-likeness (QED) is 0.543. The number of benzene rings is 1. The van der Waals surface area contributed by atoms with E-state index >= 15 is 0 Å². The van der Waals surface area contributed by atoms with Gasteiger partial charge in [-0.3, -0.25) is 9.63 Å². The third-order valence-electron chi connectivity index (χ3n) is 3.30. The lowest BCUT2D eigenvalue weighted by Crippen LogP contribution is -2.37. The molecular weight excluding hydrogens is 348 g/mol. The van der Waals surface area contributed by atoms with E-state index in [0.29, 0.717) is 11.0 Å². The van der Waals surface area contributed by atoms with Crippen molar-refractivity contribution in [3.63, 3.8) is 0 Å². The number of nitrogens with zero attached hydrogens (tertiary/aromatic N) is 1. The maximum atomic E-state index is 12.2. The summed E-state index contributed by atoms with van der Waals surface area (Å²) in [4.78, 5) is 28.6. The third-order valence-corrected chi connectivity index (χ3v) is 4.98. The predicted octanol–water partition coefficient (Wildman–Crippen LogP) is 1.19. The summed E-state index contributed by atoms with van der Waals surface area (Å²) in [6.45, 7) is 5.81. The van der Waals surface area contributed by atoms with Crippen LogP contribution in [0.4, 0.5) is 0 Å². The maximum absolute atomic E-state index is 12.2. The van der Waals surface area contributed by atoms with Crippen LogP contribution in [0.2, 0.25) is 0 Å². The highest BCUT2D eigenvalue weighted by molar-refractivity contribution is 7.89. The van der Waals surface area contributed by atoms with Crippen molar-refractivity contribution in [1.29, 1.82) is 0 Å². The molecule has 1 unspecified atom stereocenters. The van der Waals surface area contributed by atoms with Crippen LogP contribution in [0.1, 0.15) is 31.1 Å². The number of hydrogen-bond acceptors (Lipinski definition) is 6. The summed E-state index contributed by atoms with van der Waals surface area (Å²) in [6.07, 6.45) is -0.992. The Labute approximate surface area is 148 Å². The monoisotopic (exact) mass is 372 g/mol. The van der Waals surface area contributed by atoms with Crippen molar-refractivity contribution in [2.75, 3.05) is 20.7 Å². The summed E-state index contributed by atoms with van der Waals surface area (Å²) in [5.41, 5.74) is 0.0223. The third kappa shape index (κ3) is 5.80. The number of ether oxygens (including phenoxy) is 1. The number of amides is 1. The highest BCUT2D eigenvalue weighted by Crippen LogP contribution is 2.17. The molecule has 1 rings (SSSR count). The van der Waals surface area contributed by atoms with Crippen LogP contribution >= 0.6 is 0 Å². The Balaban J connectivity index is 2.87. The molecule has 1 aromatic carbocycles. The molecule has 8 nitrogen and oxygen atoms in total. The van der Waals surface area contributed by atoms with Gasteiger partial charge in [-0.25, -0.2) is 13.2 Å². The van der Waals surface area contributed by atoms with Gasteiger partial charge in [0.25, 0.3) is 15.9 Å². The Hall–Kier alpha value is -1.97. The van der Waals surface area contributed by atoms with Gasteiger partial charge in [0.15, 0.2) is 6.10 Å². The van der Waals surface area contributed by atoms with Crippen LogP contribution in [0.5, 0.6) is 0 Å². The SMILES string of the molecule is CON(C)S(=O)(=O)c1cccc(C(=O)OC(C)C(=O)NCC(C)C)c1. The molecule has 0 aliphatic heterocycles. The fourth-order valence-corrected chi connectivity index (χ4v) is 2.78. The second kappa shape index (κ2) is 8.93. The van der Waals surface area contributed by atoms with Gasteiger partial charge >= 0.3 is 5.97 Å². The number of nitrogens with one attached hydrogen (secondary N) is 1. The number of sulfonamides is 1. The van der Waals surface area contributed by atoms with Gasteiger partial charge in [-0.1, -0.05) is 24.4 Å². The second-order valence-corrected chi connectivity index (χ2v) is 7.75. The molecule has 0 saturated carbocycles. The number of hydroxylamine groups is 1. The van der Waals surface area contributed by atoms with Gasteiger partial charge < -0.3 is 10.1 Å². The van der Waals surface area contributed by atoms with Crippen molar-refractivity contribution in [3.05, 3.63) is 29.8 Å². The molecule has 0 saturated heterocycles. The van der Waals surface area contributed by atoms with E-state index in [1.807, 2.05) is 13.8 Å². The van der Waals surface area contributed by atoms with E-state index in [4.69, 9.17) is 4.74 Å². The Morgan fingerprint density at radius 2 is 1.88 bits per heavy atom. The van der Waals surface area contributed by atoms with E-state index in [1.54, 1.807) is 0 Å². The van der Waals surface area contributed by atoms with E-state index in [-0.39, 0.29) is 16.4 Å². The summed E-state index contributed by atoms with van der Waals surface area (Å²) < 4.78 is 30.2. The van der Waals surface area contributed by atoms with Gasteiger partial charge in [0.05, 0.1) is 17.6 Å². The van der Waals surface area contributed by atoms with Crippen LogP contribution in [-0.4, -0.2) is 51.6 Å². The van der Waals surface area contributed by atoms with Gasteiger partial charge in [0.1, 0.15) is 0 Å². The van der Waals surface area contributed by atoms with E-state index in [9.17, 15) is 18.0 Å². The van der Waals surface area contributed by atoms with Gasteiger partial charge in [0, 0.05) is 13.6 Å².